The lowest BCUT2D eigenvalue weighted by atomic mass is 10.1. The van der Waals surface area contributed by atoms with Gasteiger partial charge in [-0.2, -0.15) is 0 Å². The minimum atomic E-state index is -0.607. The molecule has 3 rings (SSSR count). The molecule has 1 heterocycles. The summed E-state index contributed by atoms with van der Waals surface area (Å²) in [6.07, 6.45) is 0.575. The van der Waals surface area contributed by atoms with Gasteiger partial charge < -0.3 is 10.6 Å². The highest BCUT2D eigenvalue weighted by molar-refractivity contribution is 6.23. The van der Waals surface area contributed by atoms with E-state index in [0.717, 1.165) is 16.8 Å². The van der Waals surface area contributed by atoms with E-state index in [9.17, 15) is 14.4 Å². The molecule has 1 saturated heterocycles. The zero-order valence-corrected chi connectivity index (χ0v) is 17.3. The van der Waals surface area contributed by atoms with Crippen molar-refractivity contribution < 1.29 is 14.4 Å². The van der Waals surface area contributed by atoms with Crippen LogP contribution in [0, 0.1) is 19.8 Å². The average molecular weight is 393 g/mol. The first-order valence-electron chi connectivity index (χ1n) is 9.85. The van der Waals surface area contributed by atoms with Crippen LogP contribution in [0.15, 0.2) is 42.5 Å². The van der Waals surface area contributed by atoms with Crippen molar-refractivity contribution in [1.29, 1.82) is 0 Å². The summed E-state index contributed by atoms with van der Waals surface area (Å²) >= 11 is 0. The monoisotopic (exact) mass is 393 g/mol. The molecule has 2 aromatic rings. The highest BCUT2D eigenvalue weighted by Crippen LogP contribution is 2.28. The fourth-order valence-electron chi connectivity index (χ4n) is 3.49. The van der Waals surface area contributed by atoms with Crippen LogP contribution in [0.2, 0.25) is 0 Å². The molecule has 6 heteroatoms. The van der Waals surface area contributed by atoms with Gasteiger partial charge in [0.2, 0.25) is 11.8 Å². The van der Waals surface area contributed by atoms with Gasteiger partial charge in [0, 0.05) is 17.8 Å². The highest BCUT2D eigenvalue weighted by Gasteiger charge is 2.40. The Morgan fingerprint density at radius 1 is 1.07 bits per heavy atom. The first-order chi connectivity index (χ1) is 13.7. The standard InChI is InChI=1S/C23H27N3O3/c1-14(2)11-21(27)25-18-8-6-17(7-9-18)24-19-13-22(28)26(23(19)29)20-10-5-15(3)12-16(20)4/h5-10,12,14,19,24H,11,13H2,1-4H3,(H,25,27). The number of hydrogen-bond acceptors (Lipinski definition) is 4. The van der Waals surface area contributed by atoms with Crippen molar-refractivity contribution in [3.8, 4) is 0 Å². The number of aryl methyl sites for hydroxylation is 2. The van der Waals surface area contributed by atoms with Gasteiger partial charge in [-0.05, 0) is 55.7 Å². The zero-order valence-electron chi connectivity index (χ0n) is 17.3. The fraction of sp³-hybridized carbons (Fsp3) is 0.348. The van der Waals surface area contributed by atoms with E-state index in [-0.39, 0.29) is 24.1 Å². The molecule has 29 heavy (non-hydrogen) atoms. The van der Waals surface area contributed by atoms with Gasteiger partial charge in [0.05, 0.1) is 12.1 Å². The minimum absolute atomic E-state index is 0.0265. The van der Waals surface area contributed by atoms with E-state index >= 15 is 0 Å². The molecule has 1 aliphatic heterocycles. The van der Waals surface area contributed by atoms with Gasteiger partial charge in [0.25, 0.3) is 5.91 Å². The van der Waals surface area contributed by atoms with Crippen LogP contribution in [-0.4, -0.2) is 23.8 Å². The Labute approximate surface area is 171 Å². The van der Waals surface area contributed by atoms with Crippen LogP contribution in [0.4, 0.5) is 17.1 Å². The second kappa shape index (κ2) is 8.47. The number of nitrogens with one attached hydrogen (secondary N) is 2. The maximum absolute atomic E-state index is 12.9. The third-order valence-electron chi connectivity index (χ3n) is 4.84. The summed E-state index contributed by atoms with van der Waals surface area (Å²) in [6, 6.07) is 12.2. The first-order valence-corrected chi connectivity index (χ1v) is 9.85. The van der Waals surface area contributed by atoms with E-state index in [1.54, 1.807) is 24.3 Å². The van der Waals surface area contributed by atoms with Crippen LogP contribution < -0.4 is 15.5 Å². The lowest BCUT2D eigenvalue weighted by molar-refractivity contribution is -0.121. The number of anilines is 3. The van der Waals surface area contributed by atoms with Gasteiger partial charge in [-0.3, -0.25) is 14.4 Å². The molecule has 1 atom stereocenters. The maximum Gasteiger partial charge on any atom is 0.256 e. The molecule has 0 spiro atoms. The number of amides is 3. The quantitative estimate of drug-likeness (QED) is 0.726. The lowest BCUT2D eigenvalue weighted by Crippen LogP contribution is -2.35. The smallest absolute Gasteiger partial charge is 0.256 e. The normalized spacial score (nSPS) is 16.4. The summed E-state index contributed by atoms with van der Waals surface area (Å²) in [7, 11) is 0. The molecule has 1 unspecified atom stereocenters. The summed E-state index contributed by atoms with van der Waals surface area (Å²) in [5.74, 6) is -0.198. The van der Waals surface area contributed by atoms with Crippen molar-refractivity contribution in [2.45, 2.75) is 46.6 Å². The number of rotatable bonds is 6. The first kappa shape index (κ1) is 20.6. The molecule has 0 aliphatic carbocycles. The largest absolute Gasteiger partial charge is 0.373 e. The molecule has 2 aromatic carbocycles. The van der Waals surface area contributed by atoms with E-state index in [1.807, 2.05) is 45.9 Å². The summed E-state index contributed by atoms with van der Waals surface area (Å²) < 4.78 is 0. The Morgan fingerprint density at radius 2 is 1.72 bits per heavy atom. The Kier molecular flexibility index (Phi) is 6.01. The predicted molar refractivity (Wildman–Crippen MR) is 115 cm³/mol. The van der Waals surface area contributed by atoms with E-state index in [0.29, 0.717) is 23.7 Å². The third-order valence-corrected chi connectivity index (χ3v) is 4.84. The van der Waals surface area contributed by atoms with E-state index < -0.39 is 6.04 Å². The third kappa shape index (κ3) is 4.83. The van der Waals surface area contributed by atoms with Crippen LogP contribution in [0.25, 0.3) is 0 Å². The number of hydrogen-bond donors (Lipinski definition) is 2. The highest BCUT2D eigenvalue weighted by atomic mass is 16.2. The molecular formula is C23H27N3O3. The van der Waals surface area contributed by atoms with Gasteiger partial charge in [-0.1, -0.05) is 31.5 Å². The van der Waals surface area contributed by atoms with Crippen molar-refractivity contribution in [1.82, 2.24) is 0 Å². The number of benzene rings is 2. The van der Waals surface area contributed by atoms with Crippen LogP contribution in [0.1, 0.15) is 37.8 Å². The molecule has 0 aromatic heterocycles. The average Bonchev–Trinajstić information content (AvgIpc) is 2.90. The van der Waals surface area contributed by atoms with E-state index in [1.165, 1.54) is 4.90 Å². The molecule has 6 nitrogen and oxygen atoms in total. The molecule has 0 radical (unpaired) electrons. The zero-order chi connectivity index (χ0) is 21.1. The molecule has 1 aliphatic rings. The van der Waals surface area contributed by atoms with Gasteiger partial charge in [0.1, 0.15) is 6.04 Å². The summed E-state index contributed by atoms with van der Waals surface area (Å²) in [5.41, 5.74) is 4.04. The molecule has 1 fully saturated rings. The fourth-order valence-corrected chi connectivity index (χ4v) is 3.49. The van der Waals surface area contributed by atoms with Crippen molar-refractivity contribution in [3.05, 3.63) is 53.6 Å². The van der Waals surface area contributed by atoms with Crippen LogP contribution in [0.3, 0.4) is 0 Å². The molecule has 2 N–H and O–H groups in total. The van der Waals surface area contributed by atoms with Crippen molar-refractivity contribution >= 4 is 34.8 Å². The van der Waals surface area contributed by atoms with Gasteiger partial charge in [-0.15, -0.1) is 0 Å². The number of nitrogens with zero attached hydrogens (tertiary/aromatic N) is 1. The summed E-state index contributed by atoms with van der Waals surface area (Å²) in [4.78, 5) is 38.5. The number of imide groups is 1. The van der Waals surface area contributed by atoms with E-state index in [4.69, 9.17) is 0 Å². The second-order valence-electron chi connectivity index (χ2n) is 7.98. The Morgan fingerprint density at radius 3 is 2.34 bits per heavy atom. The van der Waals surface area contributed by atoms with Crippen LogP contribution >= 0.6 is 0 Å². The Bertz CT molecular complexity index is 935. The molecular weight excluding hydrogens is 366 g/mol. The van der Waals surface area contributed by atoms with Crippen molar-refractivity contribution in [3.63, 3.8) is 0 Å². The van der Waals surface area contributed by atoms with Crippen molar-refractivity contribution in [2.75, 3.05) is 15.5 Å². The summed E-state index contributed by atoms with van der Waals surface area (Å²) in [6.45, 7) is 7.86. The Hall–Kier alpha value is -3.15. The molecule has 3 amide bonds. The molecule has 0 bridgehead atoms. The topological polar surface area (TPSA) is 78.5 Å². The van der Waals surface area contributed by atoms with Crippen molar-refractivity contribution in [2.24, 2.45) is 5.92 Å². The maximum atomic E-state index is 12.9. The van der Waals surface area contributed by atoms with Crippen LogP contribution in [0.5, 0.6) is 0 Å². The second-order valence-corrected chi connectivity index (χ2v) is 7.98. The predicted octanol–water partition coefficient (Wildman–Crippen LogP) is 4.03. The molecule has 152 valence electrons. The molecule has 0 saturated carbocycles. The van der Waals surface area contributed by atoms with Gasteiger partial charge in [-0.25, -0.2) is 4.90 Å². The minimum Gasteiger partial charge on any atom is -0.373 e. The number of carbonyl (C=O) groups excluding carboxylic acids is 3. The van der Waals surface area contributed by atoms with Crippen LogP contribution in [-0.2, 0) is 14.4 Å². The number of carbonyl (C=O) groups is 3. The Balaban J connectivity index is 1.67. The van der Waals surface area contributed by atoms with Gasteiger partial charge in [0.15, 0.2) is 0 Å². The lowest BCUT2D eigenvalue weighted by Gasteiger charge is -2.18. The SMILES string of the molecule is Cc1ccc(N2C(=O)CC(Nc3ccc(NC(=O)CC(C)C)cc3)C2=O)c(C)c1. The summed E-state index contributed by atoms with van der Waals surface area (Å²) in [5, 5.41) is 5.99. The van der Waals surface area contributed by atoms with Gasteiger partial charge >= 0.3 is 0 Å². The van der Waals surface area contributed by atoms with E-state index in [2.05, 4.69) is 10.6 Å².